The van der Waals surface area contributed by atoms with E-state index < -0.39 is 11.8 Å². The minimum absolute atomic E-state index is 0.0929. The lowest BCUT2D eigenvalue weighted by Crippen LogP contribution is -2.06. The number of ketones is 1. The van der Waals surface area contributed by atoms with E-state index in [0.717, 1.165) is 0 Å². The average Bonchev–Trinajstić information content (AvgIpc) is 2.47. The number of hydrogen-bond donors (Lipinski definition) is 2. The first kappa shape index (κ1) is 13.6. The minimum atomic E-state index is -1.10. The molecule has 0 aliphatic rings. The molecule has 1 aromatic carbocycles. The highest BCUT2D eigenvalue weighted by atomic mass is 35.5. The van der Waals surface area contributed by atoms with Gasteiger partial charge in [-0.15, -0.1) is 0 Å². The summed E-state index contributed by atoms with van der Waals surface area (Å²) in [6.07, 6.45) is 0.778. The highest BCUT2D eigenvalue weighted by Gasteiger charge is 2.15. The summed E-state index contributed by atoms with van der Waals surface area (Å²) in [5.74, 6) is -2.00. The van der Waals surface area contributed by atoms with E-state index in [1.165, 1.54) is 12.3 Å². The lowest BCUT2D eigenvalue weighted by molar-refractivity contribution is -0.136. The Bertz CT molecular complexity index is 748. The first-order valence-corrected chi connectivity index (χ1v) is 6.47. The number of aromatic nitrogens is 1. The lowest BCUT2D eigenvalue weighted by Gasteiger charge is -2.06. The molecule has 0 spiro atoms. The molecule has 1 aromatic heterocycles. The number of aliphatic carboxylic acids is 1. The van der Waals surface area contributed by atoms with Crippen molar-refractivity contribution in [3.8, 4) is 16.9 Å². The molecule has 0 fully saturated rings. The number of aromatic hydroxyl groups is 1. The Hall–Kier alpha value is -2.40. The molecule has 0 radical (unpaired) electrons. The third-order valence-electron chi connectivity index (χ3n) is 2.77. The maximum atomic E-state index is 11.8. The summed E-state index contributed by atoms with van der Waals surface area (Å²) in [5, 5.41) is 18.7. The number of carbonyl (C=O) groups is 2. The van der Waals surface area contributed by atoms with Crippen LogP contribution in [0.3, 0.4) is 0 Å². The number of benzene rings is 1. The molecular formula is C15H12ClNO4. The van der Waals surface area contributed by atoms with Crippen molar-refractivity contribution in [1.82, 2.24) is 4.98 Å². The number of halogens is 1. The Morgan fingerprint density at radius 1 is 1.29 bits per heavy atom. The van der Waals surface area contributed by atoms with E-state index >= 15 is 0 Å². The Morgan fingerprint density at radius 2 is 2.05 bits per heavy atom. The fraction of sp³-hybridized carbons (Fsp3) is 0.133. The second-order valence-electron chi connectivity index (χ2n) is 4.32. The maximum Gasteiger partial charge on any atom is 0.303 e. The molecule has 0 saturated carbocycles. The smallest absolute Gasteiger partial charge is 0.303 e. The molecule has 0 amide bonds. The molecule has 0 saturated heterocycles. The highest BCUT2D eigenvalue weighted by Crippen LogP contribution is 2.27. The van der Waals surface area contributed by atoms with Crippen molar-refractivity contribution in [2.75, 3.05) is 0 Å². The van der Waals surface area contributed by atoms with Gasteiger partial charge in [0.05, 0.1) is 7.79 Å². The Balaban J connectivity index is 2.32. The van der Waals surface area contributed by atoms with Crippen molar-refractivity contribution in [3.05, 3.63) is 47.2 Å². The van der Waals surface area contributed by atoms with Crippen LogP contribution in [-0.4, -0.2) is 26.9 Å². The van der Waals surface area contributed by atoms with Crippen molar-refractivity contribution < 1.29 is 21.2 Å². The molecule has 5 nitrogen and oxygen atoms in total. The van der Waals surface area contributed by atoms with Crippen molar-refractivity contribution in [2.24, 2.45) is 0 Å². The van der Waals surface area contributed by atoms with E-state index in [1.54, 1.807) is 18.2 Å². The summed E-state index contributed by atoms with van der Waals surface area (Å²) in [4.78, 5) is 26.1. The van der Waals surface area contributed by atoms with Gasteiger partial charge in [0.1, 0.15) is 11.4 Å². The summed E-state index contributed by atoms with van der Waals surface area (Å²) >= 11 is 5.88. The predicted molar refractivity (Wildman–Crippen MR) is 77.5 cm³/mol. The molecule has 0 aliphatic heterocycles. The molecule has 0 aliphatic carbocycles. The fourth-order valence-electron chi connectivity index (χ4n) is 1.76. The van der Waals surface area contributed by atoms with Crippen molar-refractivity contribution >= 4 is 23.4 Å². The van der Waals surface area contributed by atoms with E-state index in [2.05, 4.69) is 4.98 Å². The highest BCUT2D eigenvalue weighted by molar-refractivity contribution is 6.30. The molecule has 6 heteroatoms. The van der Waals surface area contributed by atoms with E-state index in [0.29, 0.717) is 11.1 Å². The molecule has 0 unspecified atom stereocenters. The number of nitrogens with zero attached hydrogens (tertiary/aromatic N) is 1. The molecule has 2 aromatic rings. The molecule has 1 heterocycles. The van der Waals surface area contributed by atoms with Gasteiger partial charge in [-0.3, -0.25) is 9.59 Å². The van der Waals surface area contributed by atoms with Crippen LogP contribution in [0.2, 0.25) is 5.02 Å². The SMILES string of the molecule is [2H]c1c(Cl)cccc1-c1cnc(C(=O)CCC(=O)O)c(O)c1. The van der Waals surface area contributed by atoms with Crippen molar-refractivity contribution in [3.63, 3.8) is 0 Å². The molecule has 0 atom stereocenters. The standard InChI is InChI=1S/C15H12ClNO4/c16-11-3-1-2-9(6-11)10-7-13(19)15(17-8-10)12(18)4-5-14(20)21/h1-3,6-8,19H,4-5H2,(H,20,21)/i6D. The predicted octanol–water partition coefficient (Wildman–Crippen LogP) is 3.16. The summed E-state index contributed by atoms with van der Waals surface area (Å²) < 4.78 is 7.88. The molecule has 21 heavy (non-hydrogen) atoms. The van der Waals surface area contributed by atoms with Crippen LogP contribution in [0.1, 0.15) is 24.7 Å². The number of rotatable bonds is 5. The van der Waals surface area contributed by atoms with Gasteiger partial charge in [-0.1, -0.05) is 23.7 Å². The molecule has 2 N–H and O–H groups in total. The van der Waals surface area contributed by atoms with Gasteiger partial charge in [0.2, 0.25) is 0 Å². The number of carbonyl (C=O) groups excluding carboxylic acids is 1. The van der Waals surface area contributed by atoms with Gasteiger partial charge in [0.25, 0.3) is 0 Å². The van der Waals surface area contributed by atoms with Crippen LogP contribution < -0.4 is 0 Å². The van der Waals surface area contributed by atoms with E-state index in [-0.39, 0.29) is 35.4 Å². The van der Waals surface area contributed by atoms with Crippen LogP contribution in [-0.2, 0) is 4.79 Å². The zero-order valence-corrected chi connectivity index (χ0v) is 11.6. The zero-order valence-electron chi connectivity index (χ0n) is 11.8. The van der Waals surface area contributed by atoms with E-state index in [4.69, 9.17) is 18.1 Å². The largest absolute Gasteiger partial charge is 0.506 e. The Morgan fingerprint density at radius 3 is 2.71 bits per heavy atom. The fourth-order valence-corrected chi connectivity index (χ4v) is 1.94. The Labute approximate surface area is 127 Å². The molecule has 2 rings (SSSR count). The average molecular weight is 307 g/mol. The van der Waals surface area contributed by atoms with Crippen LogP contribution in [0.25, 0.3) is 11.1 Å². The van der Waals surface area contributed by atoms with Crippen LogP contribution >= 0.6 is 11.6 Å². The summed E-state index contributed by atoms with van der Waals surface area (Å²) in [7, 11) is 0. The van der Waals surface area contributed by atoms with Crippen molar-refractivity contribution in [2.45, 2.75) is 12.8 Å². The summed E-state index contributed by atoms with van der Waals surface area (Å²) in [5.41, 5.74) is 0.734. The van der Waals surface area contributed by atoms with Gasteiger partial charge in [-0.2, -0.15) is 0 Å². The number of hydrogen-bond acceptors (Lipinski definition) is 4. The first-order valence-electron chi connectivity index (χ1n) is 6.59. The van der Waals surface area contributed by atoms with Crippen LogP contribution in [0.5, 0.6) is 5.75 Å². The third kappa shape index (κ3) is 3.79. The number of Topliss-reactive ketones (excluding diaryl/α,β-unsaturated/α-hetero) is 1. The normalized spacial score (nSPS) is 11.0. The second-order valence-corrected chi connectivity index (χ2v) is 4.73. The molecule has 108 valence electrons. The second kappa shape index (κ2) is 6.37. The van der Waals surface area contributed by atoms with Crippen molar-refractivity contribution in [1.29, 1.82) is 0 Å². The molecule has 0 bridgehead atoms. The van der Waals surface area contributed by atoms with Gasteiger partial charge in [0, 0.05) is 23.2 Å². The summed E-state index contributed by atoms with van der Waals surface area (Å²) in [6, 6.07) is 6.29. The van der Waals surface area contributed by atoms with Gasteiger partial charge in [0.15, 0.2) is 5.78 Å². The lowest BCUT2D eigenvalue weighted by atomic mass is 10.1. The van der Waals surface area contributed by atoms with Gasteiger partial charge in [-0.05, 0) is 23.7 Å². The number of carboxylic acids is 1. The monoisotopic (exact) mass is 306 g/mol. The van der Waals surface area contributed by atoms with Crippen LogP contribution in [0.4, 0.5) is 0 Å². The third-order valence-corrected chi connectivity index (χ3v) is 2.99. The summed E-state index contributed by atoms with van der Waals surface area (Å²) in [6.45, 7) is 0. The topological polar surface area (TPSA) is 87.5 Å². The van der Waals surface area contributed by atoms with Gasteiger partial charge < -0.3 is 10.2 Å². The van der Waals surface area contributed by atoms with Gasteiger partial charge >= 0.3 is 5.97 Å². The van der Waals surface area contributed by atoms with E-state index in [1.807, 2.05) is 0 Å². The van der Waals surface area contributed by atoms with Crippen LogP contribution in [0, 0.1) is 0 Å². The van der Waals surface area contributed by atoms with Gasteiger partial charge in [-0.25, -0.2) is 4.98 Å². The maximum absolute atomic E-state index is 11.8. The Kier molecular flexibility index (Phi) is 4.12. The minimum Gasteiger partial charge on any atom is -0.506 e. The quantitative estimate of drug-likeness (QED) is 0.828. The number of pyridine rings is 1. The molecular weight excluding hydrogens is 294 g/mol. The first-order chi connectivity index (χ1) is 10.4. The number of carboxylic acid groups (broad SMARTS) is 1. The van der Waals surface area contributed by atoms with E-state index in [9.17, 15) is 14.7 Å². The van der Waals surface area contributed by atoms with Crippen LogP contribution in [0.15, 0.2) is 36.5 Å². The zero-order chi connectivity index (χ0) is 16.3.